The average Bonchev–Trinajstić information content (AvgIpc) is 3.48. The fourth-order valence-corrected chi connectivity index (χ4v) is 4.54. The highest BCUT2D eigenvalue weighted by Gasteiger charge is 2.43. The lowest BCUT2D eigenvalue weighted by Crippen LogP contribution is -2.40. The fraction of sp³-hybridized carbons (Fsp3) is 0.355. The Balaban J connectivity index is 1.57. The smallest absolute Gasteiger partial charge is 0.448 e. The second-order valence-corrected chi connectivity index (χ2v) is 12.5. The third-order valence-corrected chi connectivity index (χ3v) is 6.78. The molecule has 43 heavy (non-hydrogen) atoms. The van der Waals surface area contributed by atoms with Crippen LogP contribution in [0.25, 0.3) is 22.2 Å². The molecule has 0 aliphatic carbocycles. The molecule has 3 heterocycles. The fourth-order valence-electron chi connectivity index (χ4n) is 4.54. The Morgan fingerprint density at radius 3 is 2.37 bits per heavy atom. The monoisotopic (exact) mass is 594 g/mol. The molecule has 0 spiro atoms. The van der Waals surface area contributed by atoms with Crippen molar-refractivity contribution in [1.29, 1.82) is 0 Å². The van der Waals surface area contributed by atoms with Crippen molar-refractivity contribution in [3.05, 3.63) is 70.2 Å². The van der Waals surface area contributed by atoms with E-state index in [1.165, 1.54) is 36.2 Å². The van der Waals surface area contributed by atoms with Crippen molar-refractivity contribution in [3.8, 4) is 22.8 Å². The minimum Gasteiger partial charge on any atom is -0.448 e. The zero-order valence-corrected chi connectivity index (χ0v) is 24.9. The Morgan fingerprint density at radius 2 is 1.70 bits per heavy atom. The molecule has 0 saturated heterocycles. The molecule has 1 aliphatic heterocycles. The molecule has 0 atom stereocenters. The summed E-state index contributed by atoms with van der Waals surface area (Å²) in [6.45, 7) is 11.1. The van der Waals surface area contributed by atoms with Crippen LogP contribution in [0.4, 0.5) is 14.5 Å². The number of hydrogen-bond acceptors (Lipinski definition) is 7. The molecule has 0 bridgehead atoms. The first-order valence-corrected chi connectivity index (χ1v) is 13.6. The van der Waals surface area contributed by atoms with Crippen LogP contribution in [0, 0.1) is 0 Å². The Hall–Kier alpha value is -4.74. The van der Waals surface area contributed by atoms with E-state index in [0.717, 1.165) is 10.2 Å². The maximum Gasteiger partial charge on any atom is 0.586 e. The largest absolute Gasteiger partial charge is 0.586 e. The van der Waals surface area contributed by atoms with Crippen molar-refractivity contribution < 1.29 is 32.3 Å². The van der Waals surface area contributed by atoms with E-state index in [4.69, 9.17) is 4.42 Å². The number of halogens is 2. The number of aromatic nitrogens is 2. The molecule has 0 saturated carbocycles. The summed E-state index contributed by atoms with van der Waals surface area (Å²) in [5.41, 5.74) is 0.857. The highest BCUT2D eigenvalue weighted by Crippen LogP contribution is 2.42. The molecule has 0 unspecified atom stereocenters. The lowest BCUT2D eigenvalue weighted by atomic mass is 9.86. The molecule has 2 aromatic heterocycles. The van der Waals surface area contributed by atoms with Gasteiger partial charge in [-0.3, -0.25) is 14.4 Å². The van der Waals surface area contributed by atoms with Gasteiger partial charge in [0.25, 0.3) is 11.5 Å². The van der Waals surface area contributed by atoms with Crippen LogP contribution in [0.3, 0.4) is 0 Å². The normalized spacial score (nSPS) is 14.2. The Bertz CT molecular complexity index is 1810. The number of benzene rings is 2. The van der Waals surface area contributed by atoms with E-state index in [0.29, 0.717) is 5.56 Å². The average molecular weight is 595 g/mol. The van der Waals surface area contributed by atoms with Crippen molar-refractivity contribution in [3.63, 3.8) is 0 Å². The van der Waals surface area contributed by atoms with Crippen LogP contribution in [-0.2, 0) is 16.8 Å². The van der Waals surface area contributed by atoms with Gasteiger partial charge < -0.3 is 24.1 Å². The highest BCUT2D eigenvalue weighted by atomic mass is 19.3. The van der Waals surface area contributed by atoms with Gasteiger partial charge >= 0.3 is 6.29 Å². The molecule has 2 amide bonds. The van der Waals surface area contributed by atoms with Gasteiger partial charge in [0.15, 0.2) is 22.8 Å². The number of carbonyl (C=O) groups excluding carboxylic acids is 2. The Kier molecular flexibility index (Phi) is 7.06. The topological polar surface area (TPSA) is 116 Å². The van der Waals surface area contributed by atoms with Crippen LogP contribution in [0.1, 0.15) is 57.7 Å². The van der Waals surface area contributed by atoms with E-state index < -0.39 is 35.8 Å². The third-order valence-electron chi connectivity index (χ3n) is 6.78. The van der Waals surface area contributed by atoms with Crippen LogP contribution in [0.15, 0.2) is 57.7 Å². The van der Waals surface area contributed by atoms with E-state index in [9.17, 15) is 23.2 Å². The summed E-state index contributed by atoms with van der Waals surface area (Å²) in [5.74, 6) is -1.53. The number of nitrogens with one attached hydrogen (secondary N) is 1. The van der Waals surface area contributed by atoms with Gasteiger partial charge in [-0.1, -0.05) is 39.0 Å². The van der Waals surface area contributed by atoms with Gasteiger partial charge in [0.1, 0.15) is 12.2 Å². The number of amides is 2. The number of rotatable bonds is 5. The summed E-state index contributed by atoms with van der Waals surface area (Å²) < 4.78 is 42.8. The van der Waals surface area contributed by atoms with Gasteiger partial charge in [-0.25, -0.2) is 4.68 Å². The number of furan rings is 1. The SMILES string of the molecule is CN(C(=O)Cn1nc(-c2cccc(C(C)(C)C)c2)c2oc(C(=O)NC(C)(C)C)cc2c1=O)c1ccc2c(c1)OC(F)(F)O2. The van der Waals surface area contributed by atoms with Crippen LogP contribution < -0.4 is 25.2 Å². The van der Waals surface area contributed by atoms with Crippen molar-refractivity contribution in [1.82, 2.24) is 15.1 Å². The molecule has 12 heteroatoms. The quantitative estimate of drug-likeness (QED) is 0.326. The van der Waals surface area contributed by atoms with Gasteiger partial charge in [-0.05, 0) is 49.9 Å². The van der Waals surface area contributed by atoms with Crippen LogP contribution in [-0.4, -0.2) is 40.5 Å². The third kappa shape index (κ3) is 6.08. The van der Waals surface area contributed by atoms with Crippen LogP contribution >= 0.6 is 0 Å². The van der Waals surface area contributed by atoms with Crippen molar-refractivity contribution in [2.45, 2.75) is 65.3 Å². The number of alkyl halides is 2. The predicted molar refractivity (Wildman–Crippen MR) is 156 cm³/mol. The summed E-state index contributed by atoms with van der Waals surface area (Å²) in [7, 11) is 1.43. The molecule has 1 N–H and O–H groups in total. The predicted octanol–water partition coefficient (Wildman–Crippen LogP) is 5.47. The number of fused-ring (bicyclic) bond motifs is 2. The van der Waals surface area contributed by atoms with Crippen LogP contribution in [0.5, 0.6) is 11.5 Å². The number of anilines is 1. The number of hydrogen-bond donors (Lipinski definition) is 1. The lowest BCUT2D eigenvalue weighted by molar-refractivity contribution is -0.286. The first-order chi connectivity index (χ1) is 19.9. The molecule has 10 nitrogen and oxygen atoms in total. The summed E-state index contributed by atoms with van der Waals surface area (Å²) in [6, 6.07) is 12.8. The summed E-state index contributed by atoms with van der Waals surface area (Å²) in [4.78, 5) is 41.1. The van der Waals surface area contributed by atoms with E-state index in [1.54, 1.807) is 6.07 Å². The summed E-state index contributed by atoms with van der Waals surface area (Å²) >= 11 is 0. The molecular weight excluding hydrogens is 562 g/mol. The number of likely N-dealkylation sites (N-methyl/N-ethyl adjacent to an activating group) is 1. The maximum atomic E-state index is 13.6. The standard InChI is InChI=1S/C31H32F2N4O6/c1-29(2,3)18-10-8-9-17(13-18)25-26-20(15-23(41-26)27(39)34-30(4,5)6)28(40)37(35-25)16-24(38)36(7)19-11-12-21-22(14-19)43-31(32,33)42-21/h8-15H,16H2,1-7H3,(H,34,39). The zero-order valence-electron chi connectivity index (χ0n) is 24.9. The van der Waals surface area contributed by atoms with Gasteiger partial charge in [0, 0.05) is 36.0 Å². The Labute approximate surface area is 246 Å². The minimum absolute atomic E-state index is 0.0737. The lowest BCUT2D eigenvalue weighted by Gasteiger charge is -2.20. The molecule has 0 radical (unpaired) electrons. The molecular formula is C31H32F2N4O6. The summed E-state index contributed by atoms with van der Waals surface area (Å²) in [5, 5.41) is 7.41. The second kappa shape index (κ2) is 10.2. The molecule has 4 aromatic rings. The first kappa shape index (κ1) is 29.7. The second-order valence-electron chi connectivity index (χ2n) is 12.5. The van der Waals surface area contributed by atoms with E-state index in [2.05, 4.69) is 40.7 Å². The first-order valence-electron chi connectivity index (χ1n) is 13.6. The van der Waals surface area contributed by atoms with Crippen molar-refractivity contribution in [2.24, 2.45) is 0 Å². The van der Waals surface area contributed by atoms with Gasteiger partial charge in [0.2, 0.25) is 5.91 Å². The summed E-state index contributed by atoms with van der Waals surface area (Å²) in [6.07, 6.45) is -3.80. The van der Waals surface area contributed by atoms with E-state index in [1.807, 2.05) is 39.0 Å². The van der Waals surface area contributed by atoms with Crippen LogP contribution in [0.2, 0.25) is 0 Å². The molecule has 5 rings (SSSR count). The number of ether oxygens (including phenoxy) is 2. The van der Waals surface area contributed by atoms with Crippen molar-refractivity contribution >= 4 is 28.5 Å². The number of nitrogens with zero attached hydrogens (tertiary/aromatic N) is 3. The maximum absolute atomic E-state index is 13.6. The van der Waals surface area contributed by atoms with Crippen molar-refractivity contribution in [2.75, 3.05) is 11.9 Å². The van der Waals surface area contributed by atoms with Gasteiger partial charge in [0.05, 0.1) is 5.39 Å². The molecule has 0 fully saturated rings. The highest BCUT2D eigenvalue weighted by molar-refractivity contribution is 5.99. The zero-order chi connectivity index (χ0) is 31.5. The molecule has 2 aromatic carbocycles. The van der Waals surface area contributed by atoms with E-state index in [-0.39, 0.29) is 45.0 Å². The number of carbonyl (C=O) groups is 2. The Morgan fingerprint density at radius 1 is 1.00 bits per heavy atom. The van der Waals surface area contributed by atoms with E-state index >= 15 is 0 Å². The van der Waals surface area contributed by atoms with Gasteiger partial charge in [-0.15, -0.1) is 8.78 Å². The van der Waals surface area contributed by atoms with Gasteiger partial charge in [-0.2, -0.15) is 5.10 Å². The molecule has 226 valence electrons. The minimum atomic E-state index is -3.80. The molecule has 1 aliphatic rings.